The van der Waals surface area contributed by atoms with Crippen LogP contribution in [-0.4, -0.2) is 32.8 Å². The standard InChI is InChI=1S/C33H28ClNO7/c1-20(2)41-24-11-13-25(14-12-24)42-26-15-16-29-27(17-26)32(33(38)39)30(18-31(36)37)35(29)22-7-9-23(10-8-22)40-19-21-5-3-4-6-28(21)34/h3-17,20H,18-19H2,1-2H3,(H,36,37)(H,38,39). The van der Waals surface area contributed by atoms with E-state index < -0.39 is 18.4 Å². The zero-order valence-electron chi connectivity index (χ0n) is 22.9. The topological polar surface area (TPSA) is 107 Å². The van der Waals surface area contributed by atoms with Crippen LogP contribution < -0.4 is 14.2 Å². The normalized spacial score (nSPS) is 11.0. The second-order valence-electron chi connectivity index (χ2n) is 9.83. The highest BCUT2D eigenvalue weighted by atomic mass is 35.5. The minimum Gasteiger partial charge on any atom is -0.491 e. The number of aliphatic carboxylic acids is 1. The molecule has 0 aliphatic carbocycles. The maximum atomic E-state index is 12.5. The lowest BCUT2D eigenvalue weighted by Gasteiger charge is -2.13. The summed E-state index contributed by atoms with van der Waals surface area (Å²) in [6.45, 7) is 4.15. The van der Waals surface area contributed by atoms with Crippen LogP contribution in [-0.2, 0) is 17.8 Å². The number of carboxylic acid groups (broad SMARTS) is 2. The number of carboxylic acids is 2. The molecule has 0 unspecified atom stereocenters. The van der Waals surface area contributed by atoms with Crippen LogP contribution in [0.4, 0.5) is 0 Å². The quantitative estimate of drug-likeness (QED) is 0.163. The van der Waals surface area contributed by atoms with Crippen molar-refractivity contribution in [2.75, 3.05) is 0 Å². The highest BCUT2D eigenvalue weighted by Gasteiger charge is 2.25. The molecule has 0 bridgehead atoms. The molecule has 0 saturated carbocycles. The summed E-state index contributed by atoms with van der Waals surface area (Å²) in [4.78, 5) is 24.3. The highest BCUT2D eigenvalue weighted by molar-refractivity contribution is 6.31. The first-order valence-corrected chi connectivity index (χ1v) is 13.6. The molecule has 1 aromatic heterocycles. The number of carbonyl (C=O) groups is 2. The van der Waals surface area contributed by atoms with Crippen LogP contribution in [0.15, 0.2) is 91.0 Å². The van der Waals surface area contributed by atoms with Gasteiger partial charge < -0.3 is 29.0 Å². The van der Waals surface area contributed by atoms with Crippen molar-refractivity contribution in [3.8, 4) is 28.7 Å². The fourth-order valence-electron chi connectivity index (χ4n) is 4.69. The average Bonchev–Trinajstić information content (AvgIpc) is 3.26. The van der Waals surface area contributed by atoms with Gasteiger partial charge >= 0.3 is 11.9 Å². The molecular weight excluding hydrogens is 558 g/mol. The Balaban J connectivity index is 1.49. The van der Waals surface area contributed by atoms with Gasteiger partial charge in [-0.3, -0.25) is 4.79 Å². The maximum absolute atomic E-state index is 12.5. The molecule has 42 heavy (non-hydrogen) atoms. The van der Waals surface area contributed by atoms with Crippen LogP contribution >= 0.6 is 11.6 Å². The van der Waals surface area contributed by atoms with Crippen LogP contribution in [0.3, 0.4) is 0 Å². The summed E-state index contributed by atoms with van der Waals surface area (Å²) in [5, 5.41) is 20.8. The fourth-order valence-corrected chi connectivity index (χ4v) is 4.88. The van der Waals surface area contributed by atoms with Gasteiger partial charge in [-0.15, -0.1) is 0 Å². The van der Waals surface area contributed by atoms with E-state index in [0.717, 1.165) is 5.56 Å². The molecular formula is C33H28ClNO7. The molecule has 8 nitrogen and oxygen atoms in total. The van der Waals surface area contributed by atoms with Gasteiger partial charge in [0, 0.05) is 27.4 Å². The van der Waals surface area contributed by atoms with E-state index in [9.17, 15) is 19.8 Å². The predicted octanol–water partition coefficient (Wildman–Crippen LogP) is 7.77. The van der Waals surface area contributed by atoms with Gasteiger partial charge in [-0.05, 0) is 86.6 Å². The Morgan fingerprint density at radius 2 is 1.48 bits per heavy atom. The van der Waals surface area contributed by atoms with E-state index in [0.29, 0.717) is 44.6 Å². The molecule has 1 heterocycles. The average molecular weight is 586 g/mol. The summed E-state index contributed by atoms with van der Waals surface area (Å²) in [7, 11) is 0. The van der Waals surface area contributed by atoms with E-state index >= 15 is 0 Å². The van der Waals surface area contributed by atoms with Crippen LogP contribution in [0.1, 0.15) is 35.5 Å². The van der Waals surface area contributed by atoms with E-state index in [2.05, 4.69) is 0 Å². The molecule has 5 rings (SSSR count). The molecule has 214 valence electrons. The van der Waals surface area contributed by atoms with E-state index in [4.69, 9.17) is 25.8 Å². The van der Waals surface area contributed by atoms with Gasteiger partial charge in [0.25, 0.3) is 0 Å². The summed E-state index contributed by atoms with van der Waals surface area (Å²) in [5.41, 5.74) is 2.00. The Bertz CT molecular complexity index is 1740. The van der Waals surface area contributed by atoms with Crippen molar-refractivity contribution < 1.29 is 34.0 Å². The van der Waals surface area contributed by atoms with Gasteiger partial charge in [0.1, 0.15) is 29.6 Å². The second-order valence-corrected chi connectivity index (χ2v) is 10.2. The second kappa shape index (κ2) is 12.3. The molecule has 0 radical (unpaired) electrons. The lowest BCUT2D eigenvalue weighted by Crippen LogP contribution is -2.11. The van der Waals surface area contributed by atoms with Gasteiger partial charge in [0.05, 0.1) is 23.6 Å². The van der Waals surface area contributed by atoms with Crippen LogP contribution in [0.25, 0.3) is 16.6 Å². The lowest BCUT2D eigenvalue weighted by molar-refractivity contribution is -0.136. The van der Waals surface area contributed by atoms with Gasteiger partial charge in [0.15, 0.2) is 0 Å². The summed E-state index contributed by atoms with van der Waals surface area (Å²) >= 11 is 6.22. The number of aromatic nitrogens is 1. The number of aromatic carboxylic acids is 1. The molecule has 0 aliphatic heterocycles. The Morgan fingerprint density at radius 3 is 2.12 bits per heavy atom. The Hall–Kier alpha value is -4.95. The molecule has 0 fully saturated rings. The third kappa shape index (κ3) is 6.34. The SMILES string of the molecule is CC(C)Oc1ccc(Oc2ccc3c(c2)c(C(=O)O)c(CC(=O)O)n3-c2ccc(OCc3ccccc3Cl)cc2)cc1. The largest absolute Gasteiger partial charge is 0.491 e. The first kappa shape index (κ1) is 28.6. The zero-order valence-corrected chi connectivity index (χ0v) is 23.7. The maximum Gasteiger partial charge on any atom is 0.338 e. The van der Waals surface area contributed by atoms with Crippen LogP contribution in [0, 0.1) is 0 Å². The monoisotopic (exact) mass is 585 g/mol. The molecule has 0 saturated heterocycles. The van der Waals surface area contributed by atoms with Crippen molar-refractivity contribution in [3.05, 3.63) is 113 Å². The van der Waals surface area contributed by atoms with Crippen LogP contribution in [0.2, 0.25) is 5.02 Å². The number of hydrogen-bond acceptors (Lipinski definition) is 5. The Morgan fingerprint density at radius 1 is 0.833 bits per heavy atom. The molecule has 0 aliphatic rings. The summed E-state index contributed by atoms with van der Waals surface area (Å²) in [5.74, 6) is -0.154. The zero-order chi connectivity index (χ0) is 29.8. The smallest absolute Gasteiger partial charge is 0.338 e. The molecule has 5 aromatic rings. The first-order valence-electron chi connectivity index (χ1n) is 13.2. The highest BCUT2D eigenvalue weighted by Crippen LogP contribution is 2.35. The summed E-state index contributed by atoms with van der Waals surface area (Å²) in [6, 6.07) is 26.5. The Kier molecular flexibility index (Phi) is 8.36. The number of hydrogen-bond donors (Lipinski definition) is 2. The van der Waals surface area contributed by atoms with E-state index in [1.807, 2.05) is 32.0 Å². The van der Waals surface area contributed by atoms with Gasteiger partial charge in [-0.1, -0.05) is 29.8 Å². The first-order chi connectivity index (χ1) is 20.2. The Labute approximate surface area is 247 Å². The number of benzene rings is 4. The van der Waals surface area contributed by atoms with Crippen molar-refractivity contribution in [1.29, 1.82) is 0 Å². The predicted molar refractivity (Wildman–Crippen MR) is 160 cm³/mol. The summed E-state index contributed by atoms with van der Waals surface area (Å²) in [6.07, 6.45) is -0.455. The molecule has 2 N–H and O–H groups in total. The minimum atomic E-state index is -1.23. The number of ether oxygens (including phenoxy) is 3. The van der Waals surface area contributed by atoms with E-state index in [1.165, 1.54) is 0 Å². The molecule has 0 spiro atoms. The third-order valence-corrected chi connectivity index (χ3v) is 6.82. The van der Waals surface area contributed by atoms with Crippen molar-refractivity contribution in [2.45, 2.75) is 33.0 Å². The van der Waals surface area contributed by atoms with Crippen LogP contribution in [0.5, 0.6) is 23.0 Å². The minimum absolute atomic E-state index is 0.0368. The van der Waals surface area contributed by atoms with E-state index in [-0.39, 0.29) is 24.0 Å². The molecule has 0 amide bonds. The van der Waals surface area contributed by atoms with Gasteiger partial charge in [-0.2, -0.15) is 0 Å². The number of rotatable bonds is 11. The van der Waals surface area contributed by atoms with Crippen molar-refractivity contribution in [1.82, 2.24) is 4.57 Å². The van der Waals surface area contributed by atoms with Gasteiger partial charge in [-0.25, -0.2) is 4.79 Å². The van der Waals surface area contributed by atoms with Crippen molar-refractivity contribution in [2.24, 2.45) is 0 Å². The lowest BCUT2D eigenvalue weighted by atomic mass is 10.1. The third-order valence-electron chi connectivity index (χ3n) is 6.45. The number of halogens is 1. The van der Waals surface area contributed by atoms with Crippen molar-refractivity contribution >= 4 is 34.4 Å². The number of fused-ring (bicyclic) bond motifs is 1. The van der Waals surface area contributed by atoms with Crippen molar-refractivity contribution in [3.63, 3.8) is 0 Å². The molecule has 0 atom stereocenters. The number of nitrogens with zero attached hydrogens (tertiary/aromatic N) is 1. The molecule has 9 heteroatoms. The fraction of sp³-hybridized carbons (Fsp3) is 0.152. The molecule has 4 aromatic carbocycles. The van der Waals surface area contributed by atoms with E-state index in [1.54, 1.807) is 77.4 Å². The summed E-state index contributed by atoms with van der Waals surface area (Å²) < 4.78 is 19.2. The van der Waals surface area contributed by atoms with Gasteiger partial charge in [0.2, 0.25) is 0 Å².